The zero-order valence-corrected chi connectivity index (χ0v) is 21.2. The second-order valence-corrected chi connectivity index (χ2v) is 10.8. The first-order valence-electron chi connectivity index (χ1n) is 13.6. The molecule has 0 unspecified atom stereocenters. The van der Waals surface area contributed by atoms with Crippen molar-refractivity contribution in [2.24, 2.45) is 5.92 Å². The Balaban J connectivity index is 1.55. The molecule has 8 heteroatoms. The van der Waals surface area contributed by atoms with Crippen LogP contribution in [0.3, 0.4) is 0 Å². The zero-order valence-electron chi connectivity index (χ0n) is 21.2. The summed E-state index contributed by atoms with van der Waals surface area (Å²) in [4.78, 5) is 13.6. The van der Waals surface area contributed by atoms with Gasteiger partial charge in [0.05, 0.1) is 17.0 Å². The molecule has 1 aliphatic heterocycles. The number of carbonyl (C=O) groups is 1. The molecule has 3 N–H and O–H groups in total. The fourth-order valence-corrected chi connectivity index (χ4v) is 5.86. The predicted octanol–water partition coefficient (Wildman–Crippen LogP) is 5.97. The highest BCUT2D eigenvalue weighted by Gasteiger charge is 2.53. The van der Waals surface area contributed by atoms with Crippen molar-refractivity contribution in [2.45, 2.75) is 101 Å². The first kappa shape index (κ1) is 27.0. The third-order valence-corrected chi connectivity index (χ3v) is 8.11. The molecule has 1 saturated heterocycles. The molecule has 0 radical (unpaired) electrons. The van der Waals surface area contributed by atoms with Crippen molar-refractivity contribution in [3.05, 3.63) is 46.9 Å². The highest BCUT2D eigenvalue weighted by Crippen LogP contribution is 2.50. The third kappa shape index (κ3) is 6.42. The quantitative estimate of drug-likeness (QED) is 0.360. The number of allylic oxidation sites excluding steroid dienone is 1. The molecule has 0 aromatic heterocycles. The molecule has 1 amide bonds. The molecule has 3 aliphatic rings. The van der Waals surface area contributed by atoms with E-state index < -0.39 is 23.0 Å². The molecule has 2 aliphatic carbocycles. The maximum absolute atomic E-state index is 14.9. The first-order valence-corrected chi connectivity index (χ1v) is 13.6. The lowest BCUT2D eigenvalue weighted by Gasteiger charge is -2.34. The number of nitrogens with one attached hydrogen (secondary N) is 3. The highest BCUT2D eigenvalue weighted by atomic mass is 19.4. The molecular weight excluding hydrogens is 470 g/mol. The zero-order chi connectivity index (χ0) is 25.8. The Bertz CT molecular complexity index is 929. The van der Waals surface area contributed by atoms with Crippen LogP contribution < -0.4 is 16.0 Å². The molecule has 0 bridgehead atoms. The van der Waals surface area contributed by atoms with Crippen LogP contribution in [0.4, 0.5) is 17.6 Å². The number of hydrogen-bond donors (Lipinski definition) is 3. The van der Waals surface area contributed by atoms with Crippen molar-refractivity contribution in [2.75, 3.05) is 13.1 Å². The van der Waals surface area contributed by atoms with Gasteiger partial charge in [0.2, 0.25) is 5.91 Å². The summed E-state index contributed by atoms with van der Waals surface area (Å²) >= 11 is 0. The monoisotopic (exact) mass is 509 g/mol. The van der Waals surface area contributed by atoms with Gasteiger partial charge in [-0.25, -0.2) is 4.39 Å². The van der Waals surface area contributed by atoms with Gasteiger partial charge >= 0.3 is 6.18 Å². The fourth-order valence-electron chi connectivity index (χ4n) is 5.86. The van der Waals surface area contributed by atoms with Gasteiger partial charge in [0.1, 0.15) is 5.82 Å². The number of amides is 1. The van der Waals surface area contributed by atoms with Gasteiger partial charge < -0.3 is 16.0 Å². The molecule has 1 atom stereocenters. The van der Waals surface area contributed by atoms with E-state index in [1.165, 1.54) is 19.3 Å². The molecule has 0 spiro atoms. The summed E-state index contributed by atoms with van der Waals surface area (Å²) in [6.07, 6.45) is 7.96. The largest absolute Gasteiger partial charge is 0.416 e. The Hall–Kier alpha value is -2.09. The van der Waals surface area contributed by atoms with Crippen LogP contribution in [-0.4, -0.2) is 31.1 Å². The average molecular weight is 510 g/mol. The van der Waals surface area contributed by atoms with E-state index in [4.69, 9.17) is 0 Å². The van der Waals surface area contributed by atoms with Crippen LogP contribution in [0.25, 0.3) is 0 Å². The number of hydrogen-bond acceptors (Lipinski definition) is 3. The number of carbonyl (C=O) groups excluding carboxylic acids is 1. The molecule has 1 aromatic rings. The van der Waals surface area contributed by atoms with Crippen molar-refractivity contribution in [1.82, 2.24) is 16.0 Å². The van der Waals surface area contributed by atoms with Crippen LogP contribution in [0.1, 0.15) is 88.7 Å². The molecular formula is C28H39F4N3O. The molecule has 4 nitrogen and oxygen atoms in total. The van der Waals surface area contributed by atoms with Gasteiger partial charge in [-0.05, 0) is 69.7 Å². The minimum Gasteiger partial charge on any atom is -0.384 e. The second kappa shape index (κ2) is 11.5. The van der Waals surface area contributed by atoms with E-state index in [1.54, 1.807) is 0 Å². The molecule has 1 heterocycles. The normalized spacial score (nSPS) is 22.2. The van der Waals surface area contributed by atoms with E-state index in [2.05, 4.69) is 29.0 Å². The van der Waals surface area contributed by atoms with Gasteiger partial charge in [-0.15, -0.1) is 0 Å². The lowest BCUT2D eigenvalue weighted by molar-refractivity contribution is -0.137. The van der Waals surface area contributed by atoms with Crippen LogP contribution in [0.5, 0.6) is 0 Å². The summed E-state index contributed by atoms with van der Waals surface area (Å²) in [5, 5.41) is 10.3. The maximum atomic E-state index is 14.9. The molecule has 3 fully saturated rings. The van der Waals surface area contributed by atoms with E-state index in [-0.39, 0.29) is 17.5 Å². The smallest absolute Gasteiger partial charge is 0.384 e. The van der Waals surface area contributed by atoms with E-state index >= 15 is 0 Å². The number of rotatable bonds is 9. The Morgan fingerprint density at radius 3 is 2.42 bits per heavy atom. The lowest BCUT2D eigenvalue weighted by Crippen LogP contribution is -2.49. The molecule has 2 saturated carbocycles. The van der Waals surface area contributed by atoms with E-state index in [0.717, 1.165) is 69.4 Å². The Labute approximate surface area is 211 Å². The maximum Gasteiger partial charge on any atom is 0.416 e. The van der Waals surface area contributed by atoms with Crippen LogP contribution in [0.15, 0.2) is 30.0 Å². The second-order valence-electron chi connectivity index (χ2n) is 10.8. The minimum atomic E-state index is -4.62. The minimum absolute atomic E-state index is 0.0664. The fraction of sp³-hybridized carbons (Fsp3) is 0.679. The number of halogens is 4. The van der Waals surface area contributed by atoms with Crippen molar-refractivity contribution in [3.63, 3.8) is 0 Å². The Morgan fingerprint density at radius 2 is 1.83 bits per heavy atom. The van der Waals surface area contributed by atoms with Gasteiger partial charge in [0, 0.05) is 17.3 Å². The van der Waals surface area contributed by atoms with E-state index in [9.17, 15) is 22.4 Å². The van der Waals surface area contributed by atoms with E-state index in [1.807, 2.05) is 0 Å². The van der Waals surface area contributed by atoms with Crippen molar-refractivity contribution in [3.8, 4) is 0 Å². The summed E-state index contributed by atoms with van der Waals surface area (Å²) in [5.74, 6) is -0.730. The summed E-state index contributed by atoms with van der Waals surface area (Å²) in [6, 6.07) is 2.66. The van der Waals surface area contributed by atoms with Gasteiger partial charge in [-0.3, -0.25) is 4.79 Å². The standard InChI is InChI=1S/C28H39F4N3O/c1-2-6-24(34-21-11-15-33-16-12-21)25(17-19-7-4-3-5-8-19)35-26(36)27(13-14-27)22-10-9-20(18-23(22)29)28(30,31)32/h6,9-10,18-19,21,25,33-34H,2-5,7-8,11-17H2,1H3,(H,35,36)/t25-/m0/s1. The van der Waals surface area contributed by atoms with Gasteiger partial charge in [0.25, 0.3) is 0 Å². The van der Waals surface area contributed by atoms with Crippen LogP contribution >= 0.6 is 0 Å². The third-order valence-electron chi connectivity index (χ3n) is 8.11. The molecule has 200 valence electrons. The SMILES string of the molecule is CCC=C(NC1CCNCC1)[C@H](CC1CCCCC1)NC(=O)C1(c2ccc(C(F)(F)F)cc2F)CC1. The number of alkyl halides is 3. The first-order chi connectivity index (χ1) is 17.2. The number of piperidine rings is 1. The molecule has 1 aromatic carbocycles. The average Bonchev–Trinajstić information content (AvgIpc) is 3.66. The van der Waals surface area contributed by atoms with Crippen LogP contribution in [-0.2, 0) is 16.4 Å². The Morgan fingerprint density at radius 1 is 1.14 bits per heavy atom. The Kier molecular flexibility index (Phi) is 8.63. The van der Waals surface area contributed by atoms with Gasteiger partial charge in [-0.1, -0.05) is 51.2 Å². The lowest BCUT2D eigenvalue weighted by atomic mass is 9.83. The summed E-state index contributed by atoms with van der Waals surface area (Å²) < 4.78 is 54.0. The summed E-state index contributed by atoms with van der Waals surface area (Å²) in [6.45, 7) is 3.98. The van der Waals surface area contributed by atoms with Crippen molar-refractivity contribution < 1.29 is 22.4 Å². The molecule has 4 rings (SSSR count). The van der Waals surface area contributed by atoms with Crippen molar-refractivity contribution >= 4 is 5.91 Å². The summed E-state index contributed by atoms with van der Waals surface area (Å²) in [7, 11) is 0. The highest BCUT2D eigenvalue weighted by molar-refractivity contribution is 5.91. The number of benzene rings is 1. The molecule has 36 heavy (non-hydrogen) atoms. The predicted molar refractivity (Wildman–Crippen MR) is 133 cm³/mol. The van der Waals surface area contributed by atoms with Gasteiger partial charge in [-0.2, -0.15) is 13.2 Å². The van der Waals surface area contributed by atoms with Crippen molar-refractivity contribution in [1.29, 1.82) is 0 Å². The van der Waals surface area contributed by atoms with E-state index in [0.29, 0.717) is 30.9 Å². The topological polar surface area (TPSA) is 53.2 Å². The van der Waals surface area contributed by atoms with Crippen LogP contribution in [0.2, 0.25) is 0 Å². The van der Waals surface area contributed by atoms with Gasteiger partial charge in [0.15, 0.2) is 0 Å². The summed E-state index contributed by atoms with van der Waals surface area (Å²) in [5.41, 5.74) is -1.04. The van der Waals surface area contributed by atoms with Crippen LogP contribution in [0, 0.1) is 11.7 Å².